The summed E-state index contributed by atoms with van der Waals surface area (Å²) in [5, 5.41) is 20.2. The van der Waals surface area contributed by atoms with Gasteiger partial charge in [0, 0.05) is 35.9 Å². The SMILES string of the molecule is Cc1ccc(Cc2nn3c(=O)/c(=C/c4cn(-c5ccccc5)nc4-c4ccc([N+](=O)[O-])cc4)sc3nc2=O)cc1. The smallest absolute Gasteiger partial charge is 0.266 e. The molecule has 3 aromatic heterocycles. The second-order valence-electron chi connectivity index (χ2n) is 9.15. The van der Waals surface area contributed by atoms with E-state index in [4.69, 9.17) is 5.10 Å². The third-order valence-corrected chi connectivity index (χ3v) is 7.30. The molecule has 6 rings (SSSR count). The summed E-state index contributed by atoms with van der Waals surface area (Å²) >= 11 is 1.06. The topological polar surface area (TPSA) is 125 Å². The third-order valence-electron chi connectivity index (χ3n) is 6.34. The molecule has 0 saturated heterocycles. The average Bonchev–Trinajstić information content (AvgIpc) is 3.51. The van der Waals surface area contributed by atoms with Crippen molar-refractivity contribution < 1.29 is 4.92 Å². The van der Waals surface area contributed by atoms with E-state index in [1.54, 1.807) is 29.1 Å². The van der Waals surface area contributed by atoms with Gasteiger partial charge in [-0.05, 0) is 42.8 Å². The van der Waals surface area contributed by atoms with Crippen LogP contribution in [0.15, 0.2) is 94.6 Å². The van der Waals surface area contributed by atoms with Gasteiger partial charge in [0.2, 0.25) is 4.96 Å². The van der Waals surface area contributed by atoms with E-state index >= 15 is 0 Å². The molecule has 6 aromatic rings. The monoisotopic (exact) mass is 548 g/mol. The fraction of sp³-hybridized carbons (Fsp3) is 0.0690. The maximum absolute atomic E-state index is 13.4. The Hall–Kier alpha value is -5.29. The van der Waals surface area contributed by atoms with Gasteiger partial charge in [0.1, 0.15) is 11.4 Å². The van der Waals surface area contributed by atoms with E-state index in [-0.39, 0.29) is 22.8 Å². The van der Waals surface area contributed by atoms with Crippen LogP contribution in [0.1, 0.15) is 22.4 Å². The van der Waals surface area contributed by atoms with Gasteiger partial charge in [0.25, 0.3) is 16.8 Å². The number of fused-ring (bicyclic) bond motifs is 1. The van der Waals surface area contributed by atoms with E-state index in [1.807, 2.05) is 61.5 Å². The molecule has 11 heteroatoms. The first kappa shape index (κ1) is 25.0. The molecule has 3 aromatic carbocycles. The Morgan fingerprint density at radius 2 is 1.68 bits per heavy atom. The van der Waals surface area contributed by atoms with Crippen molar-refractivity contribution in [2.45, 2.75) is 13.3 Å². The highest BCUT2D eigenvalue weighted by atomic mass is 32.1. The van der Waals surface area contributed by atoms with Crippen LogP contribution >= 0.6 is 11.3 Å². The number of hydrogen-bond donors (Lipinski definition) is 0. The highest BCUT2D eigenvalue weighted by molar-refractivity contribution is 7.15. The first-order chi connectivity index (χ1) is 19.4. The van der Waals surface area contributed by atoms with E-state index in [2.05, 4.69) is 10.1 Å². The number of aromatic nitrogens is 5. The van der Waals surface area contributed by atoms with Crippen LogP contribution < -0.4 is 15.7 Å². The van der Waals surface area contributed by atoms with Crippen molar-refractivity contribution in [3.63, 3.8) is 0 Å². The lowest BCUT2D eigenvalue weighted by Crippen LogP contribution is -2.28. The molecule has 0 fully saturated rings. The normalized spacial score (nSPS) is 11.8. The molecule has 0 unspecified atom stereocenters. The van der Waals surface area contributed by atoms with E-state index in [9.17, 15) is 19.7 Å². The van der Waals surface area contributed by atoms with Crippen LogP contribution in [0, 0.1) is 17.0 Å². The van der Waals surface area contributed by atoms with Crippen molar-refractivity contribution in [1.82, 2.24) is 24.4 Å². The first-order valence-corrected chi connectivity index (χ1v) is 13.1. The molecule has 10 nitrogen and oxygen atoms in total. The molecule has 40 heavy (non-hydrogen) atoms. The second-order valence-corrected chi connectivity index (χ2v) is 10.2. The summed E-state index contributed by atoms with van der Waals surface area (Å²) < 4.78 is 3.16. The van der Waals surface area contributed by atoms with E-state index in [0.29, 0.717) is 21.4 Å². The van der Waals surface area contributed by atoms with Gasteiger partial charge in [-0.15, -0.1) is 0 Å². The van der Waals surface area contributed by atoms with Gasteiger partial charge in [-0.1, -0.05) is 59.4 Å². The number of thiazole rings is 1. The molecule has 3 heterocycles. The van der Waals surface area contributed by atoms with Gasteiger partial charge in [-0.3, -0.25) is 19.7 Å². The summed E-state index contributed by atoms with van der Waals surface area (Å²) in [6.07, 6.45) is 3.72. The number of hydrogen-bond acceptors (Lipinski definition) is 8. The molecule has 0 aliphatic rings. The Kier molecular flexibility index (Phi) is 6.33. The zero-order chi connectivity index (χ0) is 27.8. The van der Waals surface area contributed by atoms with Crippen molar-refractivity contribution in [1.29, 1.82) is 0 Å². The molecule has 0 N–H and O–H groups in total. The third kappa shape index (κ3) is 4.81. The Bertz CT molecular complexity index is 2050. The number of benzene rings is 3. The van der Waals surface area contributed by atoms with E-state index in [1.165, 1.54) is 12.1 Å². The van der Waals surface area contributed by atoms with Crippen LogP contribution in [0.25, 0.3) is 28.0 Å². The lowest BCUT2D eigenvalue weighted by atomic mass is 10.1. The molecule has 0 saturated carbocycles. The number of para-hydroxylation sites is 1. The molecule has 0 radical (unpaired) electrons. The summed E-state index contributed by atoms with van der Waals surface area (Å²) in [7, 11) is 0. The zero-order valence-corrected chi connectivity index (χ0v) is 21.9. The molecular formula is C29H20N6O4S. The predicted molar refractivity (Wildman–Crippen MR) is 152 cm³/mol. The molecule has 0 atom stereocenters. The first-order valence-electron chi connectivity index (χ1n) is 12.3. The van der Waals surface area contributed by atoms with Gasteiger partial charge in [-0.25, -0.2) is 4.68 Å². The summed E-state index contributed by atoms with van der Waals surface area (Å²) in [5.41, 5.74) is 3.87. The Balaban J connectivity index is 1.47. The Morgan fingerprint density at radius 1 is 0.950 bits per heavy atom. The number of non-ortho nitro benzene ring substituents is 1. The van der Waals surface area contributed by atoms with Crippen LogP contribution in [0.2, 0.25) is 0 Å². The summed E-state index contributed by atoms with van der Waals surface area (Å²) in [6.45, 7) is 1.98. The van der Waals surface area contributed by atoms with Crippen molar-refractivity contribution >= 4 is 28.1 Å². The van der Waals surface area contributed by atoms with Gasteiger partial charge in [0.15, 0.2) is 0 Å². The van der Waals surface area contributed by atoms with Gasteiger partial charge in [0.05, 0.1) is 15.1 Å². The van der Waals surface area contributed by atoms with Crippen LogP contribution in [0.3, 0.4) is 0 Å². The van der Waals surface area contributed by atoms with Gasteiger partial charge in [-0.2, -0.15) is 19.7 Å². The largest absolute Gasteiger partial charge is 0.296 e. The minimum absolute atomic E-state index is 0.0356. The van der Waals surface area contributed by atoms with Gasteiger partial charge >= 0.3 is 0 Å². The van der Waals surface area contributed by atoms with Crippen molar-refractivity contribution in [3.05, 3.63) is 143 Å². The summed E-state index contributed by atoms with van der Waals surface area (Å²) in [6, 6.07) is 23.3. The van der Waals surface area contributed by atoms with Crippen LogP contribution in [-0.4, -0.2) is 29.3 Å². The Morgan fingerprint density at radius 3 is 2.38 bits per heavy atom. The predicted octanol–water partition coefficient (Wildman–Crippen LogP) is 3.72. The van der Waals surface area contributed by atoms with Crippen LogP contribution in [0.5, 0.6) is 0 Å². The lowest BCUT2D eigenvalue weighted by molar-refractivity contribution is -0.384. The average molecular weight is 549 g/mol. The number of rotatable bonds is 6. The minimum atomic E-state index is -0.475. The standard InChI is InChI=1S/C29H20N6O4S/c1-18-7-9-19(10-8-18)15-24-27(36)30-29-34(31-24)28(37)25(40-29)16-21-17-33(22-5-3-2-4-6-22)32-26(21)20-11-13-23(14-12-20)35(38)39/h2-14,16-17H,15H2,1H3/b25-16-. The molecule has 0 amide bonds. The van der Waals surface area contributed by atoms with E-state index < -0.39 is 16.0 Å². The highest BCUT2D eigenvalue weighted by Crippen LogP contribution is 2.26. The fourth-order valence-electron chi connectivity index (χ4n) is 4.26. The number of nitro benzene ring substituents is 1. The summed E-state index contributed by atoms with van der Waals surface area (Å²) in [5.74, 6) is 0. The van der Waals surface area contributed by atoms with E-state index in [0.717, 1.165) is 32.7 Å². The second kappa shape index (κ2) is 10.1. The molecular weight excluding hydrogens is 528 g/mol. The zero-order valence-electron chi connectivity index (χ0n) is 21.1. The maximum atomic E-state index is 13.4. The molecule has 0 bridgehead atoms. The van der Waals surface area contributed by atoms with Crippen LogP contribution in [0.4, 0.5) is 5.69 Å². The fourth-order valence-corrected chi connectivity index (χ4v) is 5.16. The maximum Gasteiger partial charge on any atom is 0.296 e. The molecule has 196 valence electrons. The van der Waals surface area contributed by atoms with Gasteiger partial charge < -0.3 is 0 Å². The van der Waals surface area contributed by atoms with Crippen molar-refractivity contribution in [2.24, 2.45) is 0 Å². The summed E-state index contributed by atoms with van der Waals surface area (Å²) in [4.78, 5) is 41.1. The number of aryl methyl sites for hydroxylation is 1. The lowest BCUT2D eigenvalue weighted by Gasteiger charge is -2.01. The molecule has 0 spiro atoms. The minimum Gasteiger partial charge on any atom is -0.266 e. The Labute approximate surface area is 230 Å². The van der Waals surface area contributed by atoms with Crippen molar-refractivity contribution in [3.8, 4) is 16.9 Å². The molecule has 0 aliphatic carbocycles. The number of nitrogens with zero attached hydrogens (tertiary/aromatic N) is 6. The number of nitro groups is 1. The van der Waals surface area contributed by atoms with Crippen molar-refractivity contribution in [2.75, 3.05) is 0 Å². The molecule has 0 aliphatic heterocycles. The quantitative estimate of drug-likeness (QED) is 0.229. The highest BCUT2D eigenvalue weighted by Gasteiger charge is 2.16. The van der Waals surface area contributed by atoms with Crippen LogP contribution in [-0.2, 0) is 6.42 Å².